The van der Waals surface area contributed by atoms with Crippen LogP contribution in [0.15, 0.2) is 54.7 Å². The summed E-state index contributed by atoms with van der Waals surface area (Å²) >= 11 is 0. The zero-order chi connectivity index (χ0) is 28.7. The molecule has 9 heteroatoms. The molecule has 0 radical (unpaired) electrons. The molecule has 0 saturated carbocycles. The van der Waals surface area contributed by atoms with E-state index in [0.29, 0.717) is 40.6 Å². The van der Waals surface area contributed by atoms with Gasteiger partial charge in [-0.2, -0.15) is 13.2 Å². The maximum atomic E-state index is 13.7. The van der Waals surface area contributed by atoms with E-state index >= 15 is 0 Å². The second-order valence-electron chi connectivity index (χ2n) is 11.4. The van der Waals surface area contributed by atoms with E-state index in [1.54, 1.807) is 18.2 Å². The highest BCUT2D eigenvalue weighted by atomic mass is 19.4. The van der Waals surface area contributed by atoms with Crippen LogP contribution in [0.3, 0.4) is 0 Å². The van der Waals surface area contributed by atoms with Crippen molar-refractivity contribution in [2.75, 3.05) is 30.4 Å². The van der Waals surface area contributed by atoms with Gasteiger partial charge in [0.25, 0.3) is 0 Å². The Morgan fingerprint density at radius 2 is 1.88 bits per heavy atom. The van der Waals surface area contributed by atoms with Crippen LogP contribution in [-0.4, -0.2) is 35.2 Å². The number of fused-ring (bicyclic) bond motifs is 2. The number of halogens is 3. The highest BCUT2D eigenvalue weighted by Crippen LogP contribution is 2.41. The quantitative estimate of drug-likeness (QED) is 0.254. The first-order valence-corrected chi connectivity index (χ1v) is 13.5. The molecule has 2 aromatic carbocycles. The Balaban J connectivity index is 1.58. The standard InChI is InChI=1S/C31H34F3N5O/c1-19(2)17-40-18-27-37-25-15-20(28-24(31(32,33)34)7-6-13-35-28)8-10-22(25)29(38-27)36-21-9-11-23-26(16-21)39(5)14-12-30(23,3)4/h6-11,13,15-16,19H,12,14,17-18H2,1-5H3,(H,36,37,38). The lowest BCUT2D eigenvalue weighted by atomic mass is 9.78. The van der Waals surface area contributed by atoms with Gasteiger partial charge in [-0.15, -0.1) is 0 Å². The van der Waals surface area contributed by atoms with Crippen molar-refractivity contribution in [2.24, 2.45) is 5.92 Å². The minimum absolute atomic E-state index is 0.0834. The fourth-order valence-corrected chi connectivity index (χ4v) is 5.07. The highest BCUT2D eigenvalue weighted by molar-refractivity contribution is 5.93. The summed E-state index contributed by atoms with van der Waals surface area (Å²) in [6.07, 6.45) is -2.09. The lowest BCUT2D eigenvalue weighted by Gasteiger charge is -2.38. The summed E-state index contributed by atoms with van der Waals surface area (Å²) in [6.45, 7) is 10.3. The molecular weight excluding hydrogens is 515 g/mol. The van der Waals surface area contributed by atoms with E-state index < -0.39 is 11.7 Å². The molecule has 0 fully saturated rings. The Morgan fingerprint density at radius 1 is 1.07 bits per heavy atom. The van der Waals surface area contributed by atoms with Crippen LogP contribution in [0.25, 0.3) is 22.2 Å². The predicted octanol–water partition coefficient (Wildman–Crippen LogP) is 7.74. The molecule has 4 aromatic rings. The summed E-state index contributed by atoms with van der Waals surface area (Å²) in [5, 5.41) is 4.14. The molecule has 5 rings (SSSR count). The van der Waals surface area contributed by atoms with Crippen molar-refractivity contribution in [3.05, 3.63) is 71.7 Å². The molecule has 0 atom stereocenters. The fourth-order valence-electron chi connectivity index (χ4n) is 5.07. The maximum Gasteiger partial charge on any atom is 0.418 e. The van der Waals surface area contributed by atoms with Crippen molar-refractivity contribution in [3.63, 3.8) is 0 Å². The van der Waals surface area contributed by atoms with Gasteiger partial charge in [-0.1, -0.05) is 39.8 Å². The smallest absolute Gasteiger partial charge is 0.374 e. The molecule has 3 heterocycles. The van der Waals surface area contributed by atoms with Crippen molar-refractivity contribution >= 4 is 28.1 Å². The van der Waals surface area contributed by atoms with Crippen LogP contribution in [0.1, 0.15) is 51.1 Å². The summed E-state index contributed by atoms with van der Waals surface area (Å²) in [7, 11) is 2.09. The molecule has 6 nitrogen and oxygen atoms in total. The zero-order valence-corrected chi connectivity index (χ0v) is 23.4. The minimum Gasteiger partial charge on any atom is -0.374 e. The van der Waals surface area contributed by atoms with Gasteiger partial charge in [-0.3, -0.25) is 4.98 Å². The molecule has 1 aliphatic rings. The van der Waals surface area contributed by atoms with Crippen molar-refractivity contribution in [1.29, 1.82) is 0 Å². The van der Waals surface area contributed by atoms with Crippen LogP contribution in [0.2, 0.25) is 0 Å². The number of alkyl halides is 3. The van der Waals surface area contributed by atoms with Crippen LogP contribution in [0.4, 0.5) is 30.4 Å². The van der Waals surface area contributed by atoms with Gasteiger partial charge in [0.2, 0.25) is 0 Å². The van der Waals surface area contributed by atoms with E-state index in [1.165, 1.54) is 17.8 Å². The number of aromatic nitrogens is 3. The van der Waals surface area contributed by atoms with Gasteiger partial charge in [0.05, 0.1) is 16.8 Å². The molecule has 0 aliphatic carbocycles. The van der Waals surface area contributed by atoms with Gasteiger partial charge < -0.3 is 15.0 Å². The third kappa shape index (κ3) is 5.75. The van der Waals surface area contributed by atoms with Crippen LogP contribution in [0.5, 0.6) is 0 Å². The Hall–Kier alpha value is -3.72. The Morgan fingerprint density at radius 3 is 2.62 bits per heavy atom. The molecule has 0 saturated heterocycles. The highest BCUT2D eigenvalue weighted by Gasteiger charge is 2.34. The molecule has 210 valence electrons. The largest absolute Gasteiger partial charge is 0.418 e. The van der Waals surface area contributed by atoms with Crippen LogP contribution in [-0.2, 0) is 22.9 Å². The third-order valence-corrected chi connectivity index (χ3v) is 7.29. The van der Waals surface area contributed by atoms with Gasteiger partial charge in [0, 0.05) is 48.7 Å². The van der Waals surface area contributed by atoms with Crippen molar-refractivity contribution < 1.29 is 17.9 Å². The number of anilines is 3. The number of ether oxygens (including phenoxy) is 1. The van der Waals surface area contributed by atoms with Gasteiger partial charge in [0.1, 0.15) is 12.4 Å². The van der Waals surface area contributed by atoms with E-state index in [4.69, 9.17) is 9.72 Å². The van der Waals surface area contributed by atoms with Gasteiger partial charge >= 0.3 is 6.18 Å². The second-order valence-corrected chi connectivity index (χ2v) is 11.4. The van der Waals surface area contributed by atoms with Crippen LogP contribution >= 0.6 is 0 Å². The molecule has 0 bridgehead atoms. The summed E-state index contributed by atoms with van der Waals surface area (Å²) in [5.41, 5.74) is 3.32. The Kier molecular flexibility index (Phi) is 7.44. The molecule has 0 unspecified atom stereocenters. The monoisotopic (exact) mass is 549 g/mol. The minimum atomic E-state index is -4.53. The number of hydrogen-bond acceptors (Lipinski definition) is 6. The number of nitrogens with one attached hydrogen (secondary N) is 1. The lowest BCUT2D eigenvalue weighted by molar-refractivity contribution is -0.137. The fraction of sp³-hybridized carbons (Fsp3) is 0.387. The average molecular weight is 550 g/mol. The molecule has 0 amide bonds. The van der Waals surface area contributed by atoms with Crippen LogP contribution < -0.4 is 10.2 Å². The summed E-state index contributed by atoms with van der Waals surface area (Å²) < 4.78 is 47.0. The van der Waals surface area contributed by atoms with E-state index in [9.17, 15) is 13.2 Å². The summed E-state index contributed by atoms with van der Waals surface area (Å²) in [6, 6.07) is 13.7. The van der Waals surface area contributed by atoms with Crippen LogP contribution in [0, 0.1) is 5.92 Å². The number of nitrogens with zero attached hydrogens (tertiary/aromatic N) is 4. The normalized spacial score (nSPS) is 15.0. The van der Waals surface area contributed by atoms with E-state index in [-0.39, 0.29) is 17.7 Å². The first kappa shape index (κ1) is 27.8. The maximum absolute atomic E-state index is 13.7. The number of pyridine rings is 1. The van der Waals surface area contributed by atoms with Gasteiger partial charge in [-0.25, -0.2) is 9.97 Å². The number of benzene rings is 2. The molecule has 1 aliphatic heterocycles. The lowest BCUT2D eigenvalue weighted by Crippen LogP contribution is -2.34. The van der Waals surface area contributed by atoms with Gasteiger partial charge in [0.15, 0.2) is 5.82 Å². The third-order valence-electron chi connectivity index (χ3n) is 7.29. The van der Waals surface area contributed by atoms with E-state index in [2.05, 4.69) is 67.1 Å². The molecular formula is C31H34F3N5O. The Bertz CT molecular complexity index is 1530. The van der Waals surface area contributed by atoms with Crippen molar-refractivity contribution in [2.45, 2.75) is 52.3 Å². The zero-order valence-electron chi connectivity index (χ0n) is 23.4. The molecule has 2 aromatic heterocycles. The first-order valence-electron chi connectivity index (χ1n) is 13.5. The number of rotatable bonds is 7. The molecule has 1 N–H and O–H groups in total. The van der Waals surface area contributed by atoms with E-state index in [0.717, 1.165) is 30.4 Å². The van der Waals surface area contributed by atoms with E-state index in [1.807, 2.05) is 6.07 Å². The SMILES string of the molecule is CC(C)COCc1nc(Nc2ccc3c(c2)N(C)CCC3(C)C)c2ccc(-c3ncccc3C(F)(F)F)cc2n1. The second kappa shape index (κ2) is 10.7. The first-order chi connectivity index (χ1) is 18.9. The topological polar surface area (TPSA) is 63.2 Å². The number of hydrogen-bond donors (Lipinski definition) is 1. The average Bonchev–Trinajstić information content (AvgIpc) is 2.90. The van der Waals surface area contributed by atoms with Crippen molar-refractivity contribution in [3.8, 4) is 11.3 Å². The van der Waals surface area contributed by atoms with Crippen molar-refractivity contribution in [1.82, 2.24) is 15.0 Å². The summed E-state index contributed by atoms with van der Waals surface area (Å²) in [5.74, 6) is 1.35. The predicted molar refractivity (Wildman–Crippen MR) is 153 cm³/mol. The van der Waals surface area contributed by atoms with Gasteiger partial charge in [-0.05, 0) is 59.7 Å². The molecule has 40 heavy (non-hydrogen) atoms. The summed E-state index contributed by atoms with van der Waals surface area (Å²) in [4.78, 5) is 15.7. The molecule has 0 spiro atoms. The Labute approximate surface area is 232 Å².